The molecule has 0 unspecified atom stereocenters. The fraction of sp³-hybridized carbons (Fsp3) is 0.467. The minimum Gasteiger partial charge on any atom is -0.468 e. The summed E-state index contributed by atoms with van der Waals surface area (Å²) in [6.45, 7) is 7.10. The first kappa shape index (κ1) is 17.0. The standard InChI is InChI=1S/C15H20O4/c1-6-8-10-15(13(16)18-4,14(17)19-5)11-9-12(3)7-2/h7,9H,2,10-11H2,1,3-5H3/b12-9+. The zero-order valence-corrected chi connectivity index (χ0v) is 11.9. The van der Waals surface area contributed by atoms with Gasteiger partial charge in [-0.15, -0.1) is 11.8 Å². The molecular weight excluding hydrogens is 244 g/mol. The molecule has 0 aromatic heterocycles. The summed E-state index contributed by atoms with van der Waals surface area (Å²) < 4.78 is 9.48. The van der Waals surface area contributed by atoms with Crippen LogP contribution in [-0.4, -0.2) is 26.2 Å². The third-order valence-corrected chi connectivity index (χ3v) is 2.81. The van der Waals surface area contributed by atoms with Gasteiger partial charge in [-0.3, -0.25) is 9.59 Å². The molecule has 19 heavy (non-hydrogen) atoms. The summed E-state index contributed by atoms with van der Waals surface area (Å²) in [6.07, 6.45) is 3.62. The number of carbonyl (C=O) groups is 2. The molecule has 0 aliphatic carbocycles. The molecule has 0 fully saturated rings. The zero-order chi connectivity index (χ0) is 14.9. The Labute approximate surface area is 114 Å². The number of allylic oxidation sites excluding steroid dienone is 3. The number of ether oxygens (including phenoxy) is 2. The number of carbonyl (C=O) groups excluding carboxylic acids is 2. The van der Waals surface area contributed by atoms with E-state index in [1.54, 1.807) is 19.1 Å². The SMILES string of the molecule is C=C/C(C)=C/CC(CC#CC)(C(=O)OC)C(=O)OC. The highest BCUT2D eigenvalue weighted by Crippen LogP contribution is 2.31. The molecule has 0 aliphatic heterocycles. The number of hydrogen-bond donors (Lipinski definition) is 0. The molecule has 0 saturated heterocycles. The van der Waals surface area contributed by atoms with Gasteiger partial charge in [0.05, 0.1) is 14.2 Å². The summed E-state index contributed by atoms with van der Waals surface area (Å²) >= 11 is 0. The van der Waals surface area contributed by atoms with Gasteiger partial charge in [-0.1, -0.05) is 24.3 Å². The van der Waals surface area contributed by atoms with Crippen LogP contribution < -0.4 is 0 Å². The van der Waals surface area contributed by atoms with Gasteiger partial charge in [0.2, 0.25) is 0 Å². The lowest BCUT2D eigenvalue weighted by molar-refractivity contribution is -0.168. The molecule has 0 heterocycles. The first-order valence-electron chi connectivity index (χ1n) is 5.84. The molecule has 0 rings (SSSR count). The third-order valence-electron chi connectivity index (χ3n) is 2.81. The molecule has 0 radical (unpaired) electrons. The van der Waals surface area contributed by atoms with Crippen molar-refractivity contribution in [2.45, 2.75) is 26.7 Å². The summed E-state index contributed by atoms with van der Waals surface area (Å²) in [6, 6.07) is 0. The van der Waals surface area contributed by atoms with E-state index in [9.17, 15) is 9.59 Å². The minimum absolute atomic E-state index is 0.0593. The summed E-state index contributed by atoms with van der Waals surface area (Å²) in [5.74, 6) is 4.14. The molecule has 4 heteroatoms. The summed E-state index contributed by atoms with van der Waals surface area (Å²) in [5, 5.41) is 0. The Bertz CT molecular complexity index is 419. The van der Waals surface area contributed by atoms with Gasteiger partial charge in [0.15, 0.2) is 5.41 Å². The van der Waals surface area contributed by atoms with Crippen molar-refractivity contribution in [3.05, 3.63) is 24.3 Å². The first-order chi connectivity index (χ1) is 8.98. The van der Waals surface area contributed by atoms with E-state index in [0.717, 1.165) is 5.57 Å². The van der Waals surface area contributed by atoms with E-state index < -0.39 is 17.4 Å². The molecule has 0 saturated carbocycles. The van der Waals surface area contributed by atoms with Gasteiger partial charge in [-0.05, 0) is 20.3 Å². The van der Waals surface area contributed by atoms with Crippen LogP contribution in [0, 0.1) is 17.3 Å². The van der Waals surface area contributed by atoms with Crippen LogP contribution in [0.4, 0.5) is 0 Å². The topological polar surface area (TPSA) is 52.6 Å². The van der Waals surface area contributed by atoms with E-state index >= 15 is 0 Å². The quantitative estimate of drug-likeness (QED) is 0.319. The van der Waals surface area contributed by atoms with E-state index in [0.29, 0.717) is 0 Å². The lowest BCUT2D eigenvalue weighted by Gasteiger charge is -2.25. The Balaban J connectivity index is 5.58. The van der Waals surface area contributed by atoms with Crippen LogP contribution in [0.3, 0.4) is 0 Å². The summed E-state index contributed by atoms with van der Waals surface area (Å²) in [7, 11) is 2.48. The Hall–Kier alpha value is -2.02. The first-order valence-corrected chi connectivity index (χ1v) is 5.84. The molecule has 0 atom stereocenters. The maximum Gasteiger partial charge on any atom is 0.324 e. The van der Waals surface area contributed by atoms with E-state index in [4.69, 9.17) is 9.47 Å². The molecule has 0 N–H and O–H groups in total. The highest BCUT2D eigenvalue weighted by Gasteiger charge is 2.47. The Kier molecular flexibility index (Phi) is 7.28. The van der Waals surface area contributed by atoms with E-state index in [1.165, 1.54) is 14.2 Å². The van der Waals surface area contributed by atoms with Crippen molar-refractivity contribution in [3.63, 3.8) is 0 Å². The number of methoxy groups -OCH3 is 2. The highest BCUT2D eigenvalue weighted by atomic mass is 16.5. The van der Waals surface area contributed by atoms with Crippen molar-refractivity contribution in [1.29, 1.82) is 0 Å². The second-order valence-corrected chi connectivity index (χ2v) is 4.03. The number of rotatable bonds is 6. The monoisotopic (exact) mass is 264 g/mol. The number of esters is 2. The predicted octanol–water partition coefficient (Wildman–Crippen LogP) is 2.25. The van der Waals surface area contributed by atoms with Crippen molar-refractivity contribution in [2.75, 3.05) is 14.2 Å². The van der Waals surface area contributed by atoms with Crippen LogP contribution in [0.2, 0.25) is 0 Å². The second-order valence-electron chi connectivity index (χ2n) is 4.03. The fourth-order valence-electron chi connectivity index (χ4n) is 1.52. The highest BCUT2D eigenvalue weighted by molar-refractivity contribution is 6.00. The van der Waals surface area contributed by atoms with Gasteiger partial charge >= 0.3 is 11.9 Å². The van der Waals surface area contributed by atoms with Gasteiger partial charge in [0.25, 0.3) is 0 Å². The molecule has 104 valence electrons. The molecule has 0 amide bonds. The molecule has 0 bridgehead atoms. The molecule has 0 aromatic carbocycles. The van der Waals surface area contributed by atoms with Crippen LogP contribution in [0.5, 0.6) is 0 Å². The Morgan fingerprint density at radius 1 is 1.26 bits per heavy atom. The van der Waals surface area contributed by atoms with Gasteiger partial charge in [0.1, 0.15) is 0 Å². The van der Waals surface area contributed by atoms with Gasteiger partial charge < -0.3 is 9.47 Å². The van der Waals surface area contributed by atoms with Crippen LogP contribution in [-0.2, 0) is 19.1 Å². The van der Waals surface area contributed by atoms with Crippen molar-refractivity contribution in [3.8, 4) is 11.8 Å². The summed E-state index contributed by atoms with van der Waals surface area (Å²) in [4.78, 5) is 24.0. The van der Waals surface area contributed by atoms with Crippen LogP contribution in [0.25, 0.3) is 0 Å². The molecular formula is C15H20O4. The van der Waals surface area contributed by atoms with Gasteiger partial charge in [-0.25, -0.2) is 0 Å². The predicted molar refractivity (Wildman–Crippen MR) is 73.1 cm³/mol. The minimum atomic E-state index is -1.42. The molecule has 0 spiro atoms. The van der Waals surface area contributed by atoms with E-state index in [2.05, 4.69) is 18.4 Å². The van der Waals surface area contributed by atoms with Crippen molar-refractivity contribution >= 4 is 11.9 Å². The average Bonchev–Trinajstić information content (AvgIpc) is 2.45. The molecule has 0 aliphatic rings. The van der Waals surface area contributed by atoms with Gasteiger partial charge in [0, 0.05) is 6.42 Å². The van der Waals surface area contributed by atoms with Crippen LogP contribution >= 0.6 is 0 Å². The van der Waals surface area contributed by atoms with E-state index in [-0.39, 0.29) is 12.8 Å². The Morgan fingerprint density at radius 3 is 2.16 bits per heavy atom. The Morgan fingerprint density at radius 2 is 1.79 bits per heavy atom. The van der Waals surface area contributed by atoms with E-state index in [1.807, 2.05) is 6.92 Å². The smallest absolute Gasteiger partial charge is 0.324 e. The average molecular weight is 264 g/mol. The zero-order valence-electron chi connectivity index (χ0n) is 11.9. The largest absolute Gasteiger partial charge is 0.468 e. The maximum absolute atomic E-state index is 12.0. The van der Waals surface area contributed by atoms with Crippen LogP contribution in [0.1, 0.15) is 26.7 Å². The fourth-order valence-corrected chi connectivity index (χ4v) is 1.52. The molecule has 0 aromatic rings. The third kappa shape index (κ3) is 4.29. The van der Waals surface area contributed by atoms with Crippen molar-refractivity contribution in [2.24, 2.45) is 5.41 Å². The van der Waals surface area contributed by atoms with Gasteiger partial charge in [-0.2, -0.15) is 0 Å². The van der Waals surface area contributed by atoms with Crippen LogP contribution in [0.15, 0.2) is 24.3 Å². The van der Waals surface area contributed by atoms with Crippen molar-refractivity contribution in [1.82, 2.24) is 0 Å². The normalized spacial score (nSPS) is 11.1. The summed E-state index contributed by atoms with van der Waals surface area (Å²) in [5.41, 5.74) is -0.557. The maximum atomic E-state index is 12.0. The second kappa shape index (κ2) is 8.15. The molecule has 4 nitrogen and oxygen atoms in total. The van der Waals surface area contributed by atoms with Crippen molar-refractivity contribution < 1.29 is 19.1 Å². The lowest BCUT2D eigenvalue weighted by Crippen LogP contribution is -2.40. The number of hydrogen-bond acceptors (Lipinski definition) is 4. The lowest BCUT2D eigenvalue weighted by atomic mass is 9.80.